The van der Waals surface area contributed by atoms with Gasteiger partial charge in [0.1, 0.15) is 5.57 Å². The third-order valence-electron chi connectivity index (χ3n) is 5.06. The molecule has 5 nitrogen and oxygen atoms in total. The highest BCUT2D eigenvalue weighted by Gasteiger charge is 2.36. The number of nitrogens with one attached hydrogen (secondary N) is 1. The first-order valence-electron chi connectivity index (χ1n) is 9.73. The van der Waals surface area contributed by atoms with Crippen LogP contribution in [0.1, 0.15) is 22.3 Å². The summed E-state index contributed by atoms with van der Waals surface area (Å²) in [5.74, 6) is -1.38. The SMILES string of the molecule is Cc1cccc(N2C(=O)NC(=O)/C(=C\c3ccccc3Cc3ccccc3Cl)C2=O)c1. The fraction of sp³-hybridized carbons (Fsp3) is 0.0800. The lowest BCUT2D eigenvalue weighted by atomic mass is 9.97. The van der Waals surface area contributed by atoms with Gasteiger partial charge in [-0.15, -0.1) is 0 Å². The van der Waals surface area contributed by atoms with Crippen molar-refractivity contribution in [1.29, 1.82) is 0 Å². The Balaban J connectivity index is 1.73. The molecular weight excluding hydrogens is 412 g/mol. The summed E-state index contributed by atoms with van der Waals surface area (Å²) >= 11 is 6.30. The highest BCUT2D eigenvalue weighted by Crippen LogP contribution is 2.25. The molecule has 31 heavy (non-hydrogen) atoms. The zero-order valence-electron chi connectivity index (χ0n) is 16.8. The monoisotopic (exact) mass is 430 g/mol. The lowest BCUT2D eigenvalue weighted by Gasteiger charge is -2.26. The van der Waals surface area contributed by atoms with Gasteiger partial charge in [-0.2, -0.15) is 0 Å². The summed E-state index contributed by atoms with van der Waals surface area (Å²) in [5.41, 5.74) is 3.75. The van der Waals surface area contributed by atoms with Crippen molar-refractivity contribution >= 4 is 41.2 Å². The number of barbiturate groups is 1. The number of amides is 4. The number of rotatable bonds is 4. The van der Waals surface area contributed by atoms with E-state index in [-0.39, 0.29) is 5.57 Å². The number of hydrogen-bond acceptors (Lipinski definition) is 3. The smallest absolute Gasteiger partial charge is 0.273 e. The molecule has 1 N–H and O–H groups in total. The average molecular weight is 431 g/mol. The van der Waals surface area contributed by atoms with E-state index in [0.717, 1.165) is 21.6 Å². The largest absolute Gasteiger partial charge is 0.335 e. The molecule has 4 rings (SSSR count). The van der Waals surface area contributed by atoms with Crippen LogP contribution in [0.25, 0.3) is 6.08 Å². The van der Waals surface area contributed by atoms with E-state index in [4.69, 9.17) is 11.6 Å². The van der Waals surface area contributed by atoms with E-state index in [9.17, 15) is 14.4 Å². The zero-order valence-corrected chi connectivity index (χ0v) is 17.5. The Morgan fingerprint density at radius 3 is 2.35 bits per heavy atom. The average Bonchev–Trinajstić information content (AvgIpc) is 2.74. The molecule has 154 valence electrons. The van der Waals surface area contributed by atoms with Crippen LogP contribution in [0.4, 0.5) is 10.5 Å². The molecule has 0 unspecified atom stereocenters. The Bertz CT molecular complexity index is 1230. The first-order chi connectivity index (χ1) is 14.9. The van der Waals surface area contributed by atoms with Crippen LogP contribution in [0.5, 0.6) is 0 Å². The van der Waals surface area contributed by atoms with Crippen molar-refractivity contribution in [3.63, 3.8) is 0 Å². The summed E-state index contributed by atoms with van der Waals surface area (Å²) in [5, 5.41) is 2.91. The fourth-order valence-electron chi connectivity index (χ4n) is 3.50. The van der Waals surface area contributed by atoms with E-state index in [2.05, 4.69) is 5.32 Å². The number of anilines is 1. The molecule has 1 saturated heterocycles. The molecule has 1 aliphatic rings. The second kappa shape index (κ2) is 8.58. The van der Waals surface area contributed by atoms with E-state index in [1.165, 1.54) is 6.08 Å². The molecular formula is C25H19ClN2O3. The van der Waals surface area contributed by atoms with Crippen molar-refractivity contribution in [2.75, 3.05) is 4.90 Å². The van der Waals surface area contributed by atoms with Gasteiger partial charge in [0, 0.05) is 5.02 Å². The minimum absolute atomic E-state index is 0.104. The van der Waals surface area contributed by atoms with Crippen LogP contribution in [0.15, 0.2) is 78.4 Å². The zero-order chi connectivity index (χ0) is 22.0. The number of urea groups is 1. The molecule has 4 amide bonds. The predicted molar refractivity (Wildman–Crippen MR) is 121 cm³/mol. The minimum Gasteiger partial charge on any atom is -0.273 e. The number of carbonyl (C=O) groups is 3. The van der Waals surface area contributed by atoms with Crippen molar-refractivity contribution < 1.29 is 14.4 Å². The highest BCUT2D eigenvalue weighted by molar-refractivity contribution is 6.39. The summed E-state index contributed by atoms with van der Waals surface area (Å²) in [6.45, 7) is 1.86. The third-order valence-corrected chi connectivity index (χ3v) is 5.42. The van der Waals surface area contributed by atoms with Crippen LogP contribution in [0, 0.1) is 6.92 Å². The van der Waals surface area contributed by atoms with Gasteiger partial charge in [-0.1, -0.05) is 66.2 Å². The van der Waals surface area contributed by atoms with Gasteiger partial charge in [0.2, 0.25) is 0 Å². The number of hydrogen-bond donors (Lipinski definition) is 1. The maximum absolute atomic E-state index is 13.1. The summed E-state index contributed by atoms with van der Waals surface area (Å²) in [4.78, 5) is 39.0. The summed E-state index contributed by atoms with van der Waals surface area (Å²) < 4.78 is 0. The first kappa shape index (κ1) is 20.6. The number of benzene rings is 3. The van der Waals surface area contributed by atoms with Crippen LogP contribution in [-0.2, 0) is 16.0 Å². The topological polar surface area (TPSA) is 66.5 Å². The molecule has 0 aliphatic carbocycles. The van der Waals surface area contributed by atoms with Crippen molar-refractivity contribution in [2.45, 2.75) is 13.3 Å². The maximum atomic E-state index is 13.1. The Hall–Kier alpha value is -3.70. The Kier molecular flexibility index (Phi) is 5.69. The van der Waals surface area contributed by atoms with Gasteiger partial charge in [-0.3, -0.25) is 14.9 Å². The number of carbonyl (C=O) groups excluding carboxylic acids is 3. The lowest BCUT2D eigenvalue weighted by Crippen LogP contribution is -2.54. The summed E-state index contributed by atoms with van der Waals surface area (Å²) in [6, 6.07) is 21.2. The van der Waals surface area contributed by atoms with E-state index >= 15 is 0 Å². The summed E-state index contributed by atoms with van der Waals surface area (Å²) in [7, 11) is 0. The molecule has 1 heterocycles. The minimum atomic E-state index is -0.762. The van der Waals surface area contributed by atoms with Gasteiger partial charge in [0.15, 0.2) is 0 Å². The van der Waals surface area contributed by atoms with Gasteiger partial charge in [-0.25, -0.2) is 9.69 Å². The third kappa shape index (κ3) is 4.27. The van der Waals surface area contributed by atoms with Gasteiger partial charge < -0.3 is 0 Å². The number of aryl methyl sites for hydroxylation is 1. The molecule has 3 aromatic carbocycles. The Morgan fingerprint density at radius 1 is 0.903 bits per heavy atom. The van der Waals surface area contributed by atoms with Crippen LogP contribution in [-0.4, -0.2) is 17.8 Å². The van der Waals surface area contributed by atoms with Crippen molar-refractivity contribution in [3.05, 3.63) is 106 Å². The highest BCUT2D eigenvalue weighted by atomic mass is 35.5. The number of halogens is 1. The Morgan fingerprint density at radius 2 is 1.61 bits per heavy atom. The quantitative estimate of drug-likeness (QED) is 0.472. The molecule has 0 radical (unpaired) electrons. The standard InChI is InChI=1S/C25H19ClN2O3/c1-16-7-6-11-20(13-16)28-24(30)21(23(29)27-25(28)31)15-18-9-3-2-8-17(18)14-19-10-4-5-12-22(19)26/h2-13,15H,14H2,1H3,(H,27,29,31)/b21-15+. The van der Waals surface area contributed by atoms with Gasteiger partial charge in [0.05, 0.1) is 5.69 Å². The second-order valence-corrected chi connectivity index (χ2v) is 7.67. The van der Waals surface area contributed by atoms with Crippen LogP contribution in [0.3, 0.4) is 0 Å². The summed E-state index contributed by atoms with van der Waals surface area (Å²) in [6.07, 6.45) is 2.06. The Labute approximate surface area is 185 Å². The molecule has 6 heteroatoms. The van der Waals surface area contributed by atoms with E-state index in [1.54, 1.807) is 18.2 Å². The van der Waals surface area contributed by atoms with Crippen molar-refractivity contribution in [1.82, 2.24) is 5.32 Å². The molecule has 0 aromatic heterocycles. The second-order valence-electron chi connectivity index (χ2n) is 7.26. The van der Waals surface area contributed by atoms with E-state index in [0.29, 0.717) is 22.7 Å². The van der Waals surface area contributed by atoms with E-state index < -0.39 is 17.8 Å². The predicted octanol–water partition coefficient (Wildman–Crippen LogP) is 4.91. The van der Waals surface area contributed by atoms with Crippen LogP contribution in [0.2, 0.25) is 5.02 Å². The molecule has 0 bridgehead atoms. The van der Waals surface area contributed by atoms with Gasteiger partial charge in [-0.05, 0) is 59.9 Å². The molecule has 3 aromatic rings. The fourth-order valence-corrected chi connectivity index (χ4v) is 3.70. The number of nitrogens with zero attached hydrogens (tertiary/aromatic N) is 1. The van der Waals surface area contributed by atoms with Gasteiger partial charge >= 0.3 is 6.03 Å². The van der Waals surface area contributed by atoms with Crippen molar-refractivity contribution in [2.24, 2.45) is 0 Å². The number of imide groups is 2. The normalized spacial score (nSPS) is 15.4. The van der Waals surface area contributed by atoms with Crippen LogP contribution < -0.4 is 10.2 Å². The van der Waals surface area contributed by atoms with Gasteiger partial charge in [0.25, 0.3) is 11.8 Å². The molecule has 0 spiro atoms. The van der Waals surface area contributed by atoms with E-state index in [1.807, 2.05) is 61.5 Å². The maximum Gasteiger partial charge on any atom is 0.335 e. The molecule has 0 atom stereocenters. The van der Waals surface area contributed by atoms with Crippen LogP contribution >= 0.6 is 11.6 Å². The van der Waals surface area contributed by atoms with Crippen molar-refractivity contribution in [3.8, 4) is 0 Å². The lowest BCUT2D eigenvalue weighted by molar-refractivity contribution is -0.122. The molecule has 1 aliphatic heterocycles. The first-order valence-corrected chi connectivity index (χ1v) is 10.1. The molecule has 0 saturated carbocycles. The molecule has 1 fully saturated rings.